The topological polar surface area (TPSA) is 51.0 Å². The van der Waals surface area contributed by atoms with Crippen molar-refractivity contribution in [3.63, 3.8) is 0 Å². The van der Waals surface area contributed by atoms with E-state index in [9.17, 15) is 4.79 Å². The average molecular weight is 403 g/mol. The van der Waals surface area contributed by atoms with Gasteiger partial charge in [-0.1, -0.05) is 53.8 Å². The Labute approximate surface area is 173 Å². The van der Waals surface area contributed by atoms with Crippen LogP contribution in [0.4, 0.5) is 5.13 Å². The third kappa shape index (κ3) is 4.43. The quantitative estimate of drug-likeness (QED) is 0.433. The molecular formula is C23H22N4OS. The molecule has 0 aliphatic rings. The van der Waals surface area contributed by atoms with E-state index in [-0.39, 0.29) is 5.91 Å². The lowest BCUT2D eigenvalue weighted by molar-refractivity contribution is -0.114. The molecule has 0 bridgehead atoms. The minimum Gasteiger partial charge on any atom is -0.283 e. The van der Waals surface area contributed by atoms with Crippen LogP contribution >= 0.6 is 11.3 Å². The lowest BCUT2D eigenvalue weighted by atomic mass is 10.2. The van der Waals surface area contributed by atoms with Crippen LogP contribution in [-0.4, -0.2) is 27.2 Å². The van der Waals surface area contributed by atoms with Crippen molar-refractivity contribution in [3.05, 3.63) is 83.7 Å². The van der Waals surface area contributed by atoms with Crippen LogP contribution in [0.15, 0.2) is 66.7 Å². The second-order valence-electron chi connectivity index (χ2n) is 6.85. The number of amides is 1. The number of anilines is 1. The first kappa shape index (κ1) is 19.1. The van der Waals surface area contributed by atoms with Crippen LogP contribution in [-0.2, 0) is 11.3 Å². The van der Waals surface area contributed by atoms with Gasteiger partial charge in [-0.2, -0.15) is 5.10 Å². The van der Waals surface area contributed by atoms with Crippen LogP contribution < -0.4 is 4.90 Å². The largest absolute Gasteiger partial charge is 0.283 e. The van der Waals surface area contributed by atoms with Crippen molar-refractivity contribution in [1.82, 2.24) is 14.8 Å². The third-order valence-corrected chi connectivity index (χ3v) is 5.70. The van der Waals surface area contributed by atoms with Crippen LogP contribution in [0.25, 0.3) is 16.3 Å². The van der Waals surface area contributed by atoms with Crippen LogP contribution in [0.5, 0.6) is 0 Å². The molecule has 5 nitrogen and oxygen atoms in total. The van der Waals surface area contributed by atoms with E-state index in [0.717, 1.165) is 27.2 Å². The van der Waals surface area contributed by atoms with E-state index in [1.807, 2.05) is 85.3 Å². The molecular weight excluding hydrogens is 380 g/mol. The first-order valence-electron chi connectivity index (χ1n) is 9.51. The highest BCUT2D eigenvalue weighted by Crippen LogP contribution is 2.29. The summed E-state index contributed by atoms with van der Waals surface area (Å²) in [6, 6.07) is 19.8. The third-order valence-electron chi connectivity index (χ3n) is 4.64. The van der Waals surface area contributed by atoms with Gasteiger partial charge in [0, 0.05) is 18.3 Å². The Bertz CT molecular complexity index is 1130. The highest BCUT2D eigenvalue weighted by atomic mass is 32.1. The summed E-state index contributed by atoms with van der Waals surface area (Å²) >= 11 is 1.53. The van der Waals surface area contributed by atoms with Gasteiger partial charge in [-0.15, -0.1) is 0 Å². The number of hydrogen-bond acceptors (Lipinski definition) is 4. The molecule has 2 aromatic carbocycles. The lowest BCUT2D eigenvalue weighted by Crippen LogP contribution is -2.33. The molecule has 0 fully saturated rings. The maximum atomic E-state index is 13.1. The number of hydrogen-bond donors (Lipinski definition) is 0. The summed E-state index contributed by atoms with van der Waals surface area (Å²) in [4.78, 5) is 19.5. The second-order valence-corrected chi connectivity index (χ2v) is 7.86. The number of aryl methyl sites for hydroxylation is 2. The Kier molecular flexibility index (Phi) is 5.53. The summed E-state index contributed by atoms with van der Waals surface area (Å²) in [5, 5.41) is 5.22. The molecule has 146 valence electrons. The molecule has 1 amide bonds. The number of carbonyl (C=O) groups excluding carboxylic acids is 1. The van der Waals surface area contributed by atoms with Gasteiger partial charge in [0.05, 0.1) is 22.5 Å². The molecule has 4 rings (SSSR count). The molecule has 0 aliphatic carbocycles. The zero-order valence-corrected chi connectivity index (χ0v) is 17.3. The van der Waals surface area contributed by atoms with E-state index >= 15 is 0 Å². The summed E-state index contributed by atoms with van der Waals surface area (Å²) < 4.78 is 3.00. The normalized spacial score (nSPS) is 11.4. The first-order valence-corrected chi connectivity index (χ1v) is 10.3. The van der Waals surface area contributed by atoms with Gasteiger partial charge in [0.2, 0.25) is 0 Å². The Morgan fingerprint density at radius 1 is 1.10 bits per heavy atom. The van der Waals surface area contributed by atoms with E-state index in [2.05, 4.69) is 10.1 Å². The van der Waals surface area contributed by atoms with Crippen molar-refractivity contribution in [2.75, 3.05) is 11.4 Å². The minimum absolute atomic E-state index is 0.0885. The number of benzene rings is 2. The maximum absolute atomic E-state index is 13.1. The molecule has 0 saturated carbocycles. The first-order chi connectivity index (χ1) is 14.1. The molecule has 0 radical (unpaired) electrons. The van der Waals surface area contributed by atoms with Crippen LogP contribution in [0.1, 0.15) is 17.0 Å². The second kappa shape index (κ2) is 8.41. The van der Waals surface area contributed by atoms with Gasteiger partial charge < -0.3 is 0 Å². The van der Waals surface area contributed by atoms with Gasteiger partial charge in [-0.3, -0.25) is 14.4 Å². The highest BCUT2D eigenvalue weighted by Gasteiger charge is 2.18. The van der Waals surface area contributed by atoms with Gasteiger partial charge in [0.1, 0.15) is 0 Å². The molecule has 0 aliphatic heterocycles. The van der Waals surface area contributed by atoms with Crippen molar-refractivity contribution >= 4 is 38.7 Å². The van der Waals surface area contributed by atoms with E-state index in [0.29, 0.717) is 18.2 Å². The smallest absolute Gasteiger partial charge is 0.252 e. The van der Waals surface area contributed by atoms with Crippen molar-refractivity contribution in [3.8, 4) is 0 Å². The van der Waals surface area contributed by atoms with E-state index in [4.69, 9.17) is 0 Å². The van der Waals surface area contributed by atoms with Gasteiger partial charge in [0.25, 0.3) is 5.91 Å². The lowest BCUT2D eigenvalue weighted by Gasteiger charge is -2.18. The fourth-order valence-corrected chi connectivity index (χ4v) is 4.19. The van der Waals surface area contributed by atoms with Gasteiger partial charge in [-0.05, 0) is 43.7 Å². The zero-order chi connectivity index (χ0) is 20.2. The van der Waals surface area contributed by atoms with E-state index < -0.39 is 0 Å². The number of nitrogens with zero attached hydrogens (tertiary/aromatic N) is 4. The Balaban J connectivity index is 1.61. The zero-order valence-electron chi connectivity index (χ0n) is 16.4. The minimum atomic E-state index is -0.0885. The van der Waals surface area contributed by atoms with Crippen molar-refractivity contribution in [1.29, 1.82) is 0 Å². The maximum Gasteiger partial charge on any atom is 0.252 e. The fourth-order valence-electron chi connectivity index (χ4n) is 3.19. The number of fused-ring (bicyclic) bond motifs is 1. The summed E-state index contributed by atoms with van der Waals surface area (Å²) in [7, 11) is 0. The Morgan fingerprint density at radius 3 is 2.59 bits per heavy atom. The molecule has 0 unspecified atom stereocenters. The predicted octanol–water partition coefficient (Wildman–Crippen LogP) is 4.86. The molecule has 4 aromatic rings. The predicted molar refractivity (Wildman–Crippen MR) is 119 cm³/mol. The summed E-state index contributed by atoms with van der Waals surface area (Å²) in [5.41, 5.74) is 3.95. The molecule has 2 aromatic heterocycles. The molecule has 29 heavy (non-hydrogen) atoms. The fraction of sp³-hybridized carbons (Fsp3) is 0.174. The number of carbonyl (C=O) groups is 1. The summed E-state index contributed by atoms with van der Waals surface area (Å²) in [6.45, 7) is 5.11. The summed E-state index contributed by atoms with van der Waals surface area (Å²) in [6.07, 6.45) is 3.45. The Morgan fingerprint density at radius 2 is 1.86 bits per heavy atom. The van der Waals surface area contributed by atoms with Gasteiger partial charge >= 0.3 is 0 Å². The van der Waals surface area contributed by atoms with E-state index in [1.165, 1.54) is 11.3 Å². The number of rotatable bonds is 6. The molecule has 0 N–H and O–H groups in total. The standard InChI is InChI=1S/C23H22N4OS/c1-17-16-18(2)27(25-17)15-14-26(22(28)13-12-19-8-4-3-5-9-19)23-24-20-10-6-7-11-21(20)29-23/h3-13,16H,14-15H2,1-2H3. The SMILES string of the molecule is Cc1cc(C)n(CCN(C(=O)C=Cc2ccccc2)c2nc3ccccc3s2)n1. The molecule has 2 heterocycles. The number of thiazole rings is 1. The van der Waals surface area contributed by atoms with Crippen molar-refractivity contribution in [2.24, 2.45) is 0 Å². The van der Waals surface area contributed by atoms with Crippen LogP contribution in [0.3, 0.4) is 0 Å². The van der Waals surface area contributed by atoms with E-state index in [1.54, 1.807) is 11.0 Å². The van der Waals surface area contributed by atoms with Crippen LogP contribution in [0.2, 0.25) is 0 Å². The summed E-state index contributed by atoms with van der Waals surface area (Å²) in [5.74, 6) is -0.0885. The Hall–Kier alpha value is -3.25. The van der Waals surface area contributed by atoms with Crippen molar-refractivity contribution < 1.29 is 4.79 Å². The molecule has 0 atom stereocenters. The highest BCUT2D eigenvalue weighted by molar-refractivity contribution is 7.22. The van der Waals surface area contributed by atoms with Gasteiger partial charge in [-0.25, -0.2) is 4.98 Å². The van der Waals surface area contributed by atoms with Gasteiger partial charge in [0.15, 0.2) is 5.13 Å². The number of aromatic nitrogens is 3. The molecule has 6 heteroatoms. The average Bonchev–Trinajstić information content (AvgIpc) is 3.29. The molecule has 0 saturated heterocycles. The molecule has 0 spiro atoms. The monoisotopic (exact) mass is 402 g/mol. The van der Waals surface area contributed by atoms with Crippen molar-refractivity contribution in [2.45, 2.75) is 20.4 Å². The number of para-hydroxylation sites is 1. The van der Waals surface area contributed by atoms with Crippen LogP contribution in [0, 0.1) is 13.8 Å².